The maximum Gasteiger partial charge on any atom is 0.223 e. The summed E-state index contributed by atoms with van der Waals surface area (Å²) < 4.78 is 5.29. The Kier molecular flexibility index (Phi) is 4.99. The van der Waals surface area contributed by atoms with Crippen molar-refractivity contribution in [3.05, 3.63) is 51.9 Å². The molecule has 6 heteroatoms. The van der Waals surface area contributed by atoms with Gasteiger partial charge in [-0.1, -0.05) is 28.9 Å². The van der Waals surface area contributed by atoms with Crippen LogP contribution in [0.2, 0.25) is 5.02 Å². The minimum atomic E-state index is 0.138. The maximum atomic E-state index is 12.6. The predicted octanol–water partition coefficient (Wildman–Crippen LogP) is 3.96. The van der Waals surface area contributed by atoms with Gasteiger partial charge in [0.1, 0.15) is 5.76 Å². The number of amides is 1. The van der Waals surface area contributed by atoms with Crippen LogP contribution in [0.5, 0.6) is 0 Å². The molecule has 1 spiro atoms. The highest BCUT2D eigenvalue weighted by Crippen LogP contribution is 2.41. The summed E-state index contributed by atoms with van der Waals surface area (Å²) in [7, 11) is 0. The quantitative estimate of drug-likeness (QED) is 0.796. The van der Waals surface area contributed by atoms with E-state index >= 15 is 0 Å². The van der Waals surface area contributed by atoms with Gasteiger partial charge in [-0.3, -0.25) is 9.69 Å². The highest BCUT2D eigenvalue weighted by molar-refractivity contribution is 6.30. The first-order chi connectivity index (χ1) is 12.9. The van der Waals surface area contributed by atoms with E-state index in [1.807, 2.05) is 43.0 Å². The molecule has 0 radical (unpaired) electrons. The topological polar surface area (TPSA) is 49.6 Å². The number of aromatic nitrogens is 1. The van der Waals surface area contributed by atoms with Gasteiger partial charge in [0.2, 0.25) is 5.91 Å². The number of hydrogen-bond donors (Lipinski definition) is 0. The summed E-state index contributed by atoms with van der Waals surface area (Å²) >= 11 is 5.96. The molecule has 1 aromatic carbocycles. The fourth-order valence-electron chi connectivity index (χ4n) is 4.41. The molecular formula is C21H26ClN3O2. The zero-order chi connectivity index (χ0) is 19.0. The number of aryl methyl sites for hydroxylation is 2. The van der Waals surface area contributed by atoms with Crippen molar-refractivity contribution in [2.24, 2.45) is 5.41 Å². The summed E-state index contributed by atoms with van der Waals surface area (Å²) in [6.07, 6.45) is 2.82. The van der Waals surface area contributed by atoms with Crippen LogP contribution >= 0.6 is 11.6 Å². The van der Waals surface area contributed by atoms with Gasteiger partial charge in [0.25, 0.3) is 0 Å². The second-order valence-electron chi connectivity index (χ2n) is 8.13. The van der Waals surface area contributed by atoms with Crippen LogP contribution in [-0.2, 0) is 17.9 Å². The number of carbonyl (C=O) groups excluding carboxylic acids is 1. The van der Waals surface area contributed by atoms with Crippen LogP contribution in [0.25, 0.3) is 0 Å². The van der Waals surface area contributed by atoms with Gasteiger partial charge in [-0.15, -0.1) is 0 Å². The maximum absolute atomic E-state index is 12.6. The van der Waals surface area contributed by atoms with Crippen LogP contribution in [0.3, 0.4) is 0 Å². The highest BCUT2D eigenvalue weighted by atomic mass is 35.5. The van der Waals surface area contributed by atoms with E-state index in [0.29, 0.717) is 13.0 Å². The zero-order valence-electron chi connectivity index (χ0n) is 16.0. The van der Waals surface area contributed by atoms with Gasteiger partial charge in [-0.25, -0.2) is 0 Å². The average Bonchev–Trinajstić information content (AvgIpc) is 3.12. The van der Waals surface area contributed by atoms with E-state index in [1.165, 1.54) is 5.56 Å². The fraction of sp³-hybridized carbons (Fsp3) is 0.524. The van der Waals surface area contributed by atoms with E-state index in [4.69, 9.17) is 16.1 Å². The molecule has 144 valence electrons. The summed E-state index contributed by atoms with van der Waals surface area (Å²) in [5.41, 5.74) is 3.47. The van der Waals surface area contributed by atoms with Crippen molar-refractivity contribution in [1.82, 2.24) is 15.0 Å². The lowest BCUT2D eigenvalue weighted by atomic mass is 9.77. The zero-order valence-corrected chi connectivity index (χ0v) is 16.8. The number of likely N-dealkylation sites (tertiary alicyclic amines) is 2. The molecule has 2 fully saturated rings. The van der Waals surface area contributed by atoms with Crippen LogP contribution in [0, 0.1) is 19.3 Å². The normalized spacial score (nSPS) is 20.0. The first-order valence-corrected chi connectivity index (χ1v) is 9.98. The molecular weight excluding hydrogens is 362 g/mol. The predicted molar refractivity (Wildman–Crippen MR) is 104 cm³/mol. The molecule has 0 bridgehead atoms. The summed E-state index contributed by atoms with van der Waals surface area (Å²) in [5.74, 6) is 1.20. The Hall–Kier alpha value is -1.85. The van der Waals surface area contributed by atoms with Gasteiger partial charge in [0.15, 0.2) is 0 Å². The molecule has 4 rings (SSSR count). The first kappa shape index (κ1) is 18.5. The van der Waals surface area contributed by atoms with Crippen molar-refractivity contribution in [3.63, 3.8) is 0 Å². The second kappa shape index (κ2) is 7.28. The Bertz CT molecular complexity index is 803. The van der Waals surface area contributed by atoms with Gasteiger partial charge in [0, 0.05) is 36.6 Å². The number of nitrogens with zero attached hydrogens (tertiary/aromatic N) is 3. The SMILES string of the molecule is Cc1noc(C)c1CN1CCC2(CC1)CC(=O)N(Cc1ccc(Cl)cc1)C2. The van der Waals surface area contributed by atoms with Crippen molar-refractivity contribution in [2.45, 2.75) is 46.2 Å². The molecule has 2 aliphatic heterocycles. The lowest BCUT2D eigenvalue weighted by Gasteiger charge is -2.38. The molecule has 0 aliphatic carbocycles. The highest BCUT2D eigenvalue weighted by Gasteiger charge is 2.44. The first-order valence-electron chi connectivity index (χ1n) is 9.60. The van der Waals surface area contributed by atoms with E-state index in [0.717, 1.165) is 61.1 Å². The molecule has 0 unspecified atom stereocenters. The number of piperidine rings is 1. The van der Waals surface area contributed by atoms with Crippen molar-refractivity contribution < 1.29 is 9.32 Å². The van der Waals surface area contributed by atoms with Gasteiger partial charge in [-0.2, -0.15) is 0 Å². The van der Waals surface area contributed by atoms with Crippen LogP contribution < -0.4 is 0 Å². The smallest absolute Gasteiger partial charge is 0.223 e. The van der Waals surface area contributed by atoms with Gasteiger partial charge in [0.05, 0.1) is 5.69 Å². The Morgan fingerprint density at radius 2 is 1.85 bits per heavy atom. The van der Waals surface area contributed by atoms with Gasteiger partial charge >= 0.3 is 0 Å². The Morgan fingerprint density at radius 1 is 1.15 bits per heavy atom. The second-order valence-corrected chi connectivity index (χ2v) is 8.57. The Labute approximate surface area is 165 Å². The standard InChI is InChI=1S/C21H26ClN3O2/c1-15-19(16(2)27-23-15)13-24-9-7-21(8-10-24)11-20(26)25(14-21)12-17-3-5-18(22)6-4-17/h3-6H,7-14H2,1-2H3. The van der Waals surface area contributed by atoms with E-state index in [-0.39, 0.29) is 11.3 Å². The Balaban J connectivity index is 1.35. The van der Waals surface area contributed by atoms with Crippen molar-refractivity contribution >= 4 is 17.5 Å². The van der Waals surface area contributed by atoms with Crippen LogP contribution in [0.4, 0.5) is 0 Å². The van der Waals surface area contributed by atoms with E-state index in [1.54, 1.807) is 0 Å². The molecule has 2 saturated heterocycles. The minimum Gasteiger partial charge on any atom is -0.361 e. The molecule has 2 aromatic rings. The molecule has 0 atom stereocenters. The van der Waals surface area contributed by atoms with Crippen LogP contribution in [-0.4, -0.2) is 40.5 Å². The number of carbonyl (C=O) groups is 1. The molecule has 5 nitrogen and oxygen atoms in total. The van der Waals surface area contributed by atoms with Gasteiger partial charge in [-0.05, 0) is 62.9 Å². The lowest BCUT2D eigenvalue weighted by Crippen LogP contribution is -2.41. The lowest BCUT2D eigenvalue weighted by molar-refractivity contribution is -0.128. The third-order valence-corrected chi connectivity index (χ3v) is 6.42. The summed E-state index contributed by atoms with van der Waals surface area (Å²) in [6, 6.07) is 7.79. The molecule has 3 heterocycles. The third-order valence-electron chi connectivity index (χ3n) is 6.17. The summed E-state index contributed by atoms with van der Waals surface area (Å²) in [5, 5.41) is 4.79. The third kappa shape index (κ3) is 3.90. The number of benzene rings is 1. The number of rotatable bonds is 4. The minimum absolute atomic E-state index is 0.138. The average molecular weight is 388 g/mol. The Morgan fingerprint density at radius 3 is 2.48 bits per heavy atom. The molecule has 1 amide bonds. The number of halogens is 1. The van der Waals surface area contributed by atoms with Crippen molar-refractivity contribution in [1.29, 1.82) is 0 Å². The van der Waals surface area contributed by atoms with Crippen molar-refractivity contribution in [2.75, 3.05) is 19.6 Å². The molecule has 27 heavy (non-hydrogen) atoms. The van der Waals surface area contributed by atoms with Gasteiger partial charge < -0.3 is 9.42 Å². The molecule has 0 saturated carbocycles. The molecule has 1 aromatic heterocycles. The van der Waals surface area contributed by atoms with Crippen molar-refractivity contribution in [3.8, 4) is 0 Å². The molecule has 0 N–H and O–H groups in total. The number of hydrogen-bond acceptors (Lipinski definition) is 4. The fourth-order valence-corrected chi connectivity index (χ4v) is 4.53. The largest absolute Gasteiger partial charge is 0.361 e. The van der Waals surface area contributed by atoms with E-state index in [9.17, 15) is 4.79 Å². The molecule has 2 aliphatic rings. The van der Waals surface area contributed by atoms with Crippen LogP contribution in [0.1, 0.15) is 41.8 Å². The van der Waals surface area contributed by atoms with E-state index in [2.05, 4.69) is 10.1 Å². The summed E-state index contributed by atoms with van der Waals surface area (Å²) in [4.78, 5) is 17.1. The van der Waals surface area contributed by atoms with E-state index < -0.39 is 0 Å². The summed E-state index contributed by atoms with van der Waals surface area (Å²) in [6.45, 7) is 8.46. The monoisotopic (exact) mass is 387 g/mol. The van der Waals surface area contributed by atoms with Crippen LogP contribution in [0.15, 0.2) is 28.8 Å².